The fourth-order valence-electron chi connectivity index (χ4n) is 2.57. The highest BCUT2D eigenvalue weighted by atomic mass is 16.7. The van der Waals surface area contributed by atoms with Crippen LogP contribution in [0.4, 0.5) is 0 Å². The van der Waals surface area contributed by atoms with Gasteiger partial charge in [-0.1, -0.05) is 0 Å². The van der Waals surface area contributed by atoms with Gasteiger partial charge in [0.1, 0.15) is 48.8 Å². The normalized spacial score (nSPS) is 49.3. The number of ether oxygens (including phenoxy) is 3. The largest absolute Gasteiger partial charge is 0.394 e. The lowest BCUT2D eigenvalue weighted by Gasteiger charge is -2.41. The van der Waals surface area contributed by atoms with Crippen molar-refractivity contribution < 1.29 is 55.1 Å². The number of aliphatic hydroxyl groups excluding tert-OH is 8. The van der Waals surface area contributed by atoms with Crippen LogP contribution in [0.3, 0.4) is 0 Å². The Kier molecular flexibility index (Phi) is 6.27. The number of hydrogen-bond donors (Lipinski definition) is 8. The second-order valence-corrected chi connectivity index (χ2v) is 5.53. The van der Waals surface area contributed by atoms with Crippen LogP contribution in [0, 0.1) is 0 Å². The van der Waals surface area contributed by atoms with Crippen molar-refractivity contribution in [2.24, 2.45) is 0 Å². The predicted molar refractivity (Wildman–Crippen MR) is 68.6 cm³/mol. The van der Waals surface area contributed by atoms with Gasteiger partial charge in [0.15, 0.2) is 12.6 Å². The van der Waals surface area contributed by atoms with Gasteiger partial charge in [0.2, 0.25) is 0 Å². The molecule has 11 heteroatoms. The lowest BCUT2D eigenvalue weighted by Crippen LogP contribution is -2.60. The highest BCUT2D eigenvalue weighted by molar-refractivity contribution is 4.93. The third-order valence-electron chi connectivity index (χ3n) is 3.98. The molecular formula is C12H22O11. The molecule has 10 atom stereocenters. The Hall–Kier alpha value is -0.440. The van der Waals surface area contributed by atoms with Gasteiger partial charge in [0, 0.05) is 0 Å². The van der Waals surface area contributed by atoms with Crippen LogP contribution in [-0.4, -0.2) is 115 Å². The molecule has 8 N–H and O–H groups in total. The molecule has 2 heterocycles. The quantitative estimate of drug-likeness (QED) is 0.238. The van der Waals surface area contributed by atoms with Gasteiger partial charge in [0.25, 0.3) is 0 Å². The Morgan fingerprint density at radius 1 is 0.783 bits per heavy atom. The zero-order valence-electron chi connectivity index (χ0n) is 12.0. The van der Waals surface area contributed by atoms with Gasteiger partial charge in [-0.15, -0.1) is 0 Å². The highest BCUT2D eigenvalue weighted by Crippen LogP contribution is 2.28. The molecule has 11 nitrogen and oxygen atoms in total. The third kappa shape index (κ3) is 3.65. The van der Waals surface area contributed by atoms with Crippen molar-refractivity contribution >= 4 is 0 Å². The van der Waals surface area contributed by atoms with Gasteiger partial charge in [-0.2, -0.15) is 0 Å². The van der Waals surface area contributed by atoms with E-state index < -0.39 is 74.6 Å². The maximum absolute atomic E-state index is 9.85. The molecule has 0 aromatic carbocycles. The van der Waals surface area contributed by atoms with Crippen LogP contribution in [-0.2, 0) is 14.2 Å². The summed E-state index contributed by atoms with van der Waals surface area (Å²) in [6, 6.07) is 0. The summed E-state index contributed by atoms with van der Waals surface area (Å²) < 4.78 is 15.2. The monoisotopic (exact) mass is 342 g/mol. The minimum atomic E-state index is -1.70. The molecule has 2 aliphatic heterocycles. The van der Waals surface area contributed by atoms with Crippen molar-refractivity contribution in [3.05, 3.63) is 0 Å². The molecule has 0 bridgehead atoms. The van der Waals surface area contributed by atoms with E-state index in [-0.39, 0.29) is 0 Å². The first-order chi connectivity index (χ1) is 10.8. The van der Waals surface area contributed by atoms with Crippen molar-refractivity contribution in [1.29, 1.82) is 0 Å². The molecule has 2 rings (SSSR count). The van der Waals surface area contributed by atoms with Gasteiger partial charge < -0.3 is 55.1 Å². The number of aliphatic hydroxyl groups is 8. The minimum Gasteiger partial charge on any atom is -0.394 e. The van der Waals surface area contributed by atoms with E-state index in [1.54, 1.807) is 0 Å². The lowest BCUT2D eigenvalue weighted by molar-refractivity contribution is -0.322. The Bertz CT molecular complexity index is 380. The molecule has 0 saturated carbocycles. The van der Waals surface area contributed by atoms with Crippen molar-refractivity contribution in [2.45, 2.75) is 61.4 Å². The third-order valence-corrected chi connectivity index (χ3v) is 3.98. The average Bonchev–Trinajstić information content (AvgIpc) is 2.79. The average molecular weight is 342 g/mol. The van der Waals surface area contributed by atoms with Gasteiger partial charge in [-0.25, -0.2) is 0 Å². The van der Waals surface area contributed by atoms with Crippen LogP contribution in [0.1, 0.15) is 0 Å². The standard InChI is InChI=1S/C12H22O11/c13-1-3-5(15)6(16)9(19)12(21-3)22-4(2-14)10-7(17)8(18)11(20)23-10/h3-20H,1-2H2/t3-,4-,5-,6+,7-,8-,9-,10-,11+,12-/m1/s1. The van der Waals surface area contributed by atoms with E-state index in [1.165, 1.54) is 0 Å². The van der Waals surface area contributed by atoms with E-state index >= 15 is 0 Å². The Labute approximate surface area is 130 Å². The van der Waals surface area contributed by atoms with Crippen LogP contribution in [0.2, 0.25) is 0 Å². The van der Waals surface area contributed by atoms with Gasteiger partial charge in [0.05, 0.1) is 13.2 Å². The number of hydrogen-bond acceptors (Lipinski definition) is 11. The molecule has 0 unspecified atom stereocenters. The molecule has 2 fully saturated rings. The van der Waals surface area contributed by atoms with Gasteiger partial charge in [-0.3, -0.25) is 0 Å². The maximum Gasteiger partial charge on any atom is 0.187 e. The summed E-state index contributed by atoms with van der Waals surface area (Å²) in [6.45, 7) is -1.38. The summed E-state index contributed by atoms with van der Waals surface area (Å²) in [7, 11) is 0. The molecule has 2 saturated heterocycles. The molecule has 2 aliphatic rings. The van der Waals surface area contributed by atoms with Crippen molar-refractivity contribution in [1.82, 2.24) is 0 Å². The number of rotatable bonds is 5. The molecule has 0 radical (unpaired) electrons. The molecule has 0 aliphatic carbocycles. The maximum atomic E-state index is 9.85. The first kappa shape index (κ1) is 18.9. The summed E-state index contributed by atoms with van der Waals surface area (Å²) in [5.74, 6) is 0. The van der Waals surface area contributed by atoms with E-state index in [0.29, 0.717) is 0 Å². The molecular weight excluding hydrogens is 320 g/mol. The van der Waals surface area contributed by atoms with E-state index in [9.17, 15) is 35.7 Å². The van der Waals surface area contributed by atoms with Gasteiger partial charge >= 0.3 is 0 Å². The summed E-state index contributed by atoms with van der Waals surface area (Å²) in [4.78, 5) is 0. The van der Waals surface area contributed by atoms with Crippen molar-refractivity contribution in [2.75, 3.05) is 13.2 Å². The smallest absolute Gasteiger partial charge is 0.187 e. The van der Waals surface area contributed by atoms with Crippen LogP contribution in [0.25, 0.3) is 0 Å². The van der Waals surface area contributed by atoms with E-state index in [1.807, 2.05) is 0 Å². The summed E-state index contributed by atoms with van der Waals surface area (Å²) >= 11 is 0. The predicted octanol–water partition coefficient (Wildman–Crippen LogP) is -5.40. The summed E-state index contributed by atoms with van der Waals surface area (Å²) in [5.41, 5.74) is 0. The molecule has 0 aromatic rings. The van der Waals surface area contributed by atoms with Gasteiger partial charge in [-0.05, 0) is 0 Å². The van der Waals surface area contributed by atoms with E-state index in [4.69, 9.17) is 19.3 Å². The fourth-order valence-corrected chi connectivity index (χ4v) is 2.57. The Morgan fingerprint density at radius 2 is 1.43 bits per heavy atom. The van der Waals surface area contributed by atoms with Crippen LogP contribution < -0.4 is 0 Å². The molecule has 23 heavy (non-hydrogen) atoms. The molecule has 0 spiro atoms. The second-order valence-electron chi connectivity index (χ2n) is 5.53. The first-order valence-corrected chi connectivity index (χ1v) is 7.08. The van der Waals surface area contributed by atoms with E-state index in [2.05, 4.69) is 0 Å². The van der Waals surface area contributed by atoms with E-state index in [0.717, 1.165) is 0 Å². The van der Waals surface area contributed by atoms with Crippen LogP contribution in [0.5, 0.6) is 0 Å². The van der Waals surface area contributed by atoms with Crippen LogP contribution >= 0.6 is 0 Å². The zero-order valence-corrected chi connectivity index (χ0v) is 12.0. The van der Waals surface area contributed by atoms with Crippen LogP contribution in [0.15, 0.2) is 0 Å². The Balaban J connectivity index is 2.06. The summed E-state index contributed by atoms with van der Waals surface area (Å²) in [6.07, 6.45) is -15.2. The zero-order chi connectivity index (χ0) is 17.3. The lowest BCUT2D eigenvalue weighted by atomic mass is 9.99. The Morgan fingerprint density at radius 3 is 1.91 bits per heavy atom. The van der Waals surface area contributed by atoms with Crippen molar-refractivity contribution in [3.8, 4) is 0 Å². The molecule has 0 amide bonds. The summed E-state index contributed by atoms with van der Waals surface area (Å²) in [5, 5.41) is 76.2. The first-order valence-electron chi connectivity index (χ1n) is 7.08. The molecule has 0 aromatic heterocycles. The minimum absolute atomic E-state index is 0.658. The van der Waals surface area contributed by atoms with Crippen molar-refractivity contribution in [3.63, 3.8) is 0 Å². The highest BCUT2D eigenvalue weighted by Gasteiger charge is 2.49. The second kappa shape index (κ2) is 7.63. The topological polar surface area (TPSA) is 190 Å². The fraction of sp³-hybridized carbons (Fsp3) is 1.00. The molecule has 136 valence electrons. The SMILES string of the molecule is OC[C@H]1O[C@H](O[C@H](CO)[C@H]2O[C@H](O)[C@H](O)[C@H]2O)[C@H](O)[C@@H](O)[C@@H]1O.